The molecule has 1 rings (SSSR count). The molecule has 0 atom stereocenters. The fourth-order valence-electron chi connectivity index (χ4n) is 2.14. The van der Waals surface area contributed by atoms with Gasteiger partial charge in [0.2, 0.25) is 10.0 Å². The predicted octanol–water partition coefficient (Wildman–Crippen LogP) is 3.86. The van der Waals surface area contributed by atoms with E-state index < -0.39 is 10.0 Å². The Kier molecular flexibility index (Phi) is 8.09. The van der Waals surface area contributed by atoms with Gasteiger partial charge in [-0.1, -0.05) is 43.5 Å². The van der Waals surface area contributed by atoms with E-state index in [-0.39, 0.29) is 10.7 Å². The summed E-state index contributed by atoms with van der Waals surface area (Å²) >= 11 is 0. The topological polar surface area (TPSA) is 72.6 Å². The SMILES string of the molecule is C=C(C=C(C(=C)OC(C)=CC=CC)S(N)(=O)=O)CN(C)c1ccccc1. The first-order valence-electron chi connectivity index (χ1n) is 8.00. The first-order valence-corrected chi connectivity index (χ1v) is 9.55. The van der Waals surface area contributed by atoms with Gasteiger partial charge in [-0.05, 0) is 43.7 Å². The maximum Gasteiger partial charge on any atom is 0.241 e. The van der Waals surface area contributed by atoms with E-state index >= 15 is 0 Å². The Bertz CT molecular complexity index is 835. The molecule has 6 heteroatoms. The number of ether oxygens (including phenoxy) is 1. The summed E-state index contributed by atoms with van der Waals surface area (Å²) in [5.41, 5.74) is 1.54. The average Bonchev–Trinajstić information content (AvgIpc) is 2.57. The minimum absolute atomic E-state index is 0.0470. The Morgan fingerprint density at radius 3 is 2.42 bits per heavy atom. The first-order chi connectivity index (χ1) is 12.1. The standard InChI is InChI=1S/C20H26N2O3S/c1-6-7-11-17(3)25-18(4)20(26(21,23)24)14-16(2)15-22(5)19-12-9-8-10-13-19/h6-14H,2,4,15H2,1,3,5H3,(H2,21,23,24). The van der Waals surface area contributed by atoms with Crippen molar-refractivity contribution >= 4 is 15.7 Å². The molecule has 0 aromatic heterocycles. The fourth-order valence-corrected chi connectivity index (χ4v) is 2.83. The van der Waals surface area contributed by atoms with Gasteiger partial charge in [0.25, 0.3) is 0 Å². The first kappa shape index (κ1) is 21.5. The number of nitrogens with two attached hydrogens (primary N) is 1. The van der Waals surface area contributed by atoms with Crippen molar-refractivity contribution in [2.24, 2.45) is 5.14 Å². The Labute approximate surface area is 156 Å². The van der Waals surface area contributed by atoms with Crippen molar-refractivity contribution in [3.8, 4) is 0 Å². The molecule has 26 heavy (non-hydrogen) atoms. The van der Waals surface area contributed by atoms with Crippen LogP contribution in [0.15, 0.2) is 89.8 Å². The van der Waals surface area contributed by atoms with E-state index in [0.29, 0.717) is 17.9 Å². The number of benzene rings is 1. The van der Waals surface area contributed by atoms with Gasteiger partial charge in [0, 0.05) is 19.3 Å². The summed E-state index contributed by atoms with van der Waals surface area (Å²) in [6, 6.07) is 9.69. The third-order valence-electron chi connectivity index (χ3n) is 3.36. The average molecular weight is 375 g/mol. The van der Waals surface area contributed by atoms with E-state index in [4.69, 9.17) is 9.88 Å². The molecule has 0 saturated carbocycles. The van der Waals surface area contributed by atoms with Gasteiger partial charge in [-0.3, -0.25) is 0 Å². The number of sulfonamides is 1. The van der Waals surface area contributed by atoms with E-state index in [1.165, 1.54) is 6.08 Å². The summed E-state index contributed by atoms with van der Waals surface area (Å²) in [4.78, 5) is 1.75. The minimum atomic E-state index is -4.01. The minimum Gasteiger partial charge on any atom is -0.461 e. The Hall–Kier alpha value is -2.57. The van der Waals surface area contributed by atoms with Crippen LogP contribution in [0, 0.1) is 0 Å². The maximum absolute atomic E-state index is 11.9. The summed E-state index contributed by atoms with van der Waals surface area (Å²) in [5.74, 6) is 0.448. The van der Waals surface area contributed by atoms with Crippen LogP contribution in [0.25, 0.3) is 0 Å². The third-order valence-corrected chi connectivity index (χ3v) is 4.32. The molecule has 0 amide bonds. The van der Waals surface area contributed by atoms with Crippen molar-refractivity contribution < 1.29 is 13.2 Å². The van der Waals surface area contributed by atoms with Gasteiger partial charge in [-0.15, -0.1) is 0 Å². The molecule has 140 valence electrons. The lowest BCUT2D eigenvalue weighted by Crippen LogP contribution is -2.21. The van der Waals surface area contributed by atoms with Gasteiger partial charge in [-0.25, -0.2) is 13.6 Å². The smallest absolute Gasteiger partial charge is 0.241 e. The van der Waals surface area contributed by atoms with Crippen LogP contribution in [0.5, 0.6) is 0 Å². The number of likely N-dealkylation sites (N-methyl/N-ethyl adjacent to an activating group) is 1. The van der Waals surface area contributed by atoms with Crippen LogP contribution in [-0.2, 0) is 14.8 Å². The van der Waals surface area contributed by atoms with E-state index in [0.717, 1.165) is 5.69 Å². The van der Waals surface area contributed by atoms with E-state index in [2.05, 4.69) is 13.2 Å². The van der Waals surface area contributed by atoms with Crippen molar-refractivity contribution in [2.45, 2.75) is 13.8 Å². The summed E-state index contributed by atoms with van der Waals surface area (Å²) < 4.78 is 29.3. The molecule has 0 aliphatic heterocycles. The fraction of sp³-hybridized carbons (Fsp3) is 0.200. The zero-order valence-electron chi connectivity index (χ0n) is 15.5. The molecule has 0 aliphatic carbocycles. The van der Waals surface area contributed by atoms with Crippen molar-refractivity contribution in [2.75, 3.05) is 18.5 Å². The highest BCUT2D eigenvalue weighted by Crippen LogP contribution is 2.20. The number of hydrogen-bond acceptors (Lipinski definition) is 4. The molecule has 1 aromatic carbocycles. The quantitative estimate of drug-likeness (QED) is 0.526. The zero-order chi connectivity index (χ0) is 19.7. The lowest BCUT2D eigenvalue weighted by Gasteiger charge is -2.20. The molecular formula is C20H26N2O3S. The van der Waals surface area contributed by atoms with Gasteiger partial charge >= 0.3 is 0 Å². The number of nitrogens with zero attached hydrogens (tertiary/aromatic N) is 1. The van der Waals surface area contributed by atoms with Crippen LogP contribution in [0.1, 0.15) is 13.8 Å². The van der Waals surface area contributed by atoms with Crippen LogP contribution in [0.3, 0.4) is 0 Å². The largest absolute Gasteiger partial charge is 0.461 e. The number of anilines is 1. The maximum atomic E-state index is 11.9. The van der Waals surface area contributed by atoms with Gasteiger partial charge in [0.1, 0.15) is 16.4 Å². The highest BCUT2D eigenvalue weighted by atomic mass is 32.2. The van der Waals surface area contributed by atoms with E-state index in [1.54, 1.807) is 19.1 Å². The van der Waals surface area contributed by atoms with Crippen molar-refractivity contribution in [1.82, 2.24) is 0 Å². The van der Waals surface area contributed by atoms with Crippen molar-refractivity contribution in [1.29, 1.82) is 0 Å². The summed E-state index contributed by atoms with van der Waals surface area (Å²) in [6.07, 6.45) is 6.69. The van der Waals surface area contributed by atoms with Crippen molar-refractivity contribution in [3.05, 3.63) is 89.8 Å². The molecule has 0 radical (unpaired) electrons. The zero-order valence-corrected chi connectivity index (χ0v) is 16.3. The Balaban J connectivity index is 2.98. The summed E-state index contributed by atoms with van der Waals surface area (Å²) in [5, 5.41) is 5.32. The van der Waals surface area contributed by atoms with Crippen LogP contribution in [0.2, 0.25) is 0 Å². The predicted molar refractivity (Wildman–Crippen MR) is 109 cm³/mol. The lowest BCUT2D eigenvalue weighted by atomic mass is 10.2. The molecular weight excluding hydrogens is 348 g/mol. The number of allylic oxidation sites excluding steroid dienone is 4. The number of para-hydroxylation sites is 1. The summed E-state index contributed by atoms with van der Waals surface area (Å²) in [6.45, 7) is 11.6. The molecule has 0 heterocycles. The second-order valence-electron chi connectivity index (χ2n) is 5.73. The number of hydrogen-bond donors (Lipinski definition) is 1. The normalized spacial score (nSPS) is 12.9. The second-order valence-corrected chi connectivity index (χ2v) is 7.26. The second kappa shape index (κ2) is 9.79. The molecule has 0 aliphatic rings. The number of primary sulfonamides is 1. The molecule has 2 N–H and O–H groups in total. The van der Waals surface area contributed by atoms with Gasteiger partial charge in [0.05, 0.1) is 0 Å². The highest BCUT2D eigenvalue weighted by molar-refractivity contribution is 7.93. The molecule has 5 nitrogen and oxygen atoms in total. The highest BCUT2D eigenvalue weighted by Gasteiger charge is 2.18. The van der Waals surface area contributed by atoms with E-state index in [1.807, 2.05) is 55.3 Å². The Morgan fingerprint density at radius 2 is 1.88 bits per heavy atom. The molecule has 0 saturated heterocycles. The lowest BCUT2D eigenvalue weighted by molar-refractivity contribution is 0.321. The monoisotopic (exact) mass is 374 g/mol. The molecule has 0 spiro atoms. The van der Waals surface area contributed by atoms with Crippen molar-refractivity contribution in [3.63, 3.8) is 0 Å². The van der Waals surface area contributed by atoms with Crippen LogP contribution < -0.4 is 10.0 Å². The number of rotatable bonds is 9. The van der Waals surface area contributed by atoms with Gasteiger partial charge < -0.3 is 9.64 Å². The van der Waals surface area contributed by atoms with E-state index in [9.17, 15) is 8.42 Å². The Morgan fingerprint density at radius 1 is 1.27 bits per heavy atom. The molecule has 0 bridgehead atoms. The molecule has 0 unspecified atom stereocenters. The summed E-state index contributed by atoms with van der Waals surface area (Å²) in [7, 11) is -2.12. The van der Waals surface area contributed by atoms with Crippen LogP contribution in [-0.4, -0.2) is 22.0 Å². The van der Waals surface area contributed by atoms with Gasteiger partial charge in [-0.2, -0.15) is 0 Å². The molecule has 1 aromatic rings. The third kappa shape index (κ3) is 7.13. The van der Waals surface area contributed by atoms with Crippen LogP contribution in [0.4, 0.5) is 5.69 Å². The molecule has 0 fully saturated rings. The van der Waals surface area contributed by atoms with Gasteiger partial charge in [0.15, 0.2) is 0 Å². The van der Waals surface area contributed by atoms with Crippen LogP contribution >= 0.6 is 0 Å².